The fraction of sp³-hybridized carbons (Fsp3) is 0.429. The van der Waals surface area contributed by atoms with Gasteiger partial charge in [-0.05, 0) is 62.4 Å². The Hall–Kier alpha value is -3.35. The van der Waals surface area contributed by atoms with Gasteiger partial charge in [-0.3, -0.25) is 19.5 Å². The van der Waals surface area contributed by atoms with E-state index in [2.05, 4.69) is 25.5 Å². The van der Waals surface area contributed by atoms with E-state index >= 15 is 0 Å². The van der Waals surface area contributed by atoms with Crippen LogP contribution in [-0.2, 0) is 16.6 Å². The maximum Gasteiger partial charge on any atom is 0.416 e. The molecule has 0 radical (unpaired) electrons. The van der Waals surface area contributed by atoms with Crippen LogP contribution in [0.4, 0.5) is 13.2 Å². The van der Waals surface area contributed by atoms with Gasteiger partial charge in [-0.2, -0.15) is 13.2 Å². The van der Waals surface area contributed by atoms with Crippen molar-refractivity contribution in [1.82, 2.24) is 25.5 Å². The molecule has 0 spiro atoms. The van der Waals surface area contributed by atoms with E-state index in [1.165, 1.54) is 17.4 Å². The van der Waals surface area contributed by atoms with E-state index in [4.69, 9.17) is 0 Å². The number of amides is 2. The van der Waals surface area contributed by atoms with Crippen LogP contribution in [0, 0.1) is 0 Å². The summed E-state index contributed by atoms with van der Waals surface area (Å²) in [6.07, 6.45) is 2.52. The average molecular weight is 574 g/mol. The van der Waals surface area contributed by atoms with Crippen molar-refractivity contribution in [3.8, 4) is 10.6 Å². The molecule has 1 saturated carbocycles. The maximum absolute atomic E-state index is 12.9. The Morgan fingerprint density at radius 2 is 1.90 bits per heavy atom. The molecule has 1 atom stereocenters. The first kappa shape index (κ1) is 28.2. The standard InChI is InChI=1S/C28H30F3N5O3S/c29-28(30,31)19-5-3-4-18(14-19)25(38)33-16-24(37)35-20-9-13-36(17-20)21-7-10-27(39,11-8-21)26-34-15-23(40-26)22-6-1-2-12-32-22/h1-6,12,14-15,20-21,39H,7-11,13,16-17H2,(H,33,38)(H,35,37)/t20-,21?,27?/m0/s1. The first-order valence-electron chi connectivity index (χ1n) is 13.2. The minimum atomic E-state index is -4.55. The van der Waals surface area contributed by atoms with Gasteiger partial charge >= 0.3 is 6.18 Å². The number of thiazole rings is 1. The number of likely N-dealkylation sites (tertiary alicyclic amines) is 1. The third-order valence-electron chi connectivity index (χ3n) is 7.57. The van der Waals surface area contributed by atoms with Crippen LogP contribution in [0.3, 0.4) is 0 Å². The second kappa shape index (κ2) is 11.6. The highest BCUT2D eigenvalue weighted by atomic mass is 32.1. The Kier molecular flexibility index (Phi) is 8.20. The van der Waals surface area contributed by atoms with Crippen LogP contribution in [0.2, 0.25) is 0 Å². The second-order valence-corrected chi connectivity index (χ2v) is 11.3. The first-order valence-corrected chi connectivity index (χ1v) is 14.0. The molecule has 1 aliphatic heterocycles. The topological polar surface area (TPSA) is 107 Å². The number of hydrogen-bond donors (Lipinski definition) is 3. The van der Waals surface area contributed by atoms with Gasteiger partial charge in [-0.15, -0.1) is 11.3 Å². The molecule has 2 aromatic heterocycles. The SMILES string of the molecule is O=C(CNC(=O)c1cccc(C(F)(F)F)c1)N[C@H]1CCN(C2CCC(O)(c3ncc(-c4ccccn4)s3)CC2)C1. The highest BCUT2D eigenvalue weighted by molar-refractivity contribution is 7.15. The summed E-state index contributed by atoms with van der Waals surface area (Å²) in [5.74, 6) is -1.13. The van der Waals surface area contributed by atoms with Gasteiger partial charge in [0, 0.05) is 43.1 Å². The van der Waals surface area contributed by atoms with Crippen LogP contribution in [0.25, 0.3) is 10.6 Å². The monoisotopic (exact) mass is 573 g/mol. The van der Waals surface area contributed by atoms with E-state index in [-0.39, 0.29) is 24.2 Å². The highest BCUT2D eigenvalue weighted by Crippen LogP contribution is 2.42. The molecule has 2 amide bonds. The van der Waals surface area contributed by atoms with Crippen LogP contribution < -0.4 is 10.6 Å². The quantitative estimate of drug-likeness (QED) is 0.395. The number of rotatable bonds is 7. The third-order valence-corrected chi connectivity index (χ3v) is 8.78. The van der Waals surface area contributed by atoms with Crippen molar-refractivity contribution >= 4 is 23.2 Å². The zero-order valence-electron chi connectivity index (χ0n) is 21.7. The fourth-order valence-corrected chi connectivity index (χ4v) is 6.43. The molecular weight excluding hydrogens is 543 g/mol. The molecule has 5 rings (SSSR count). The number of pyridine rings is 1. The molecule has 2 fully saturated rings. The number of carbonyl (C=O) groups excluding carboxylic acids is 2. The molecule has 8 nitrogen and oxygen atoms in total. The summed E-state index contributed by atoms with van der Waals surface area (Å²) in [5.41, 5.74) is -1.20. The molecule has 1 aliphatic carbocycles. The first-order chi connectivity index (χ1) is 19.1. The summed E-state index contributed by atoms with van der Waals surface area (Å²) < 4.78 is 38.7. The number of hydrogen-bond acceptors (Lipinski definition) is 7. The molecule has 1 aromatic carbocycles. The lowest BCUT2D eigenvalue weighted by Crippen LogP contribution is -2.45. The van der Waals surface area contributed by atoms with E-state index in [0.29, 0.717) is 24.4 Å². The van der Waals surface area contributed by atoms with E-state index in [1.807, 2.05) is 18.2 Å². The summed E-state index contributed by atoms with van der Waals surface area (Å²) in [4.78, 5) is 36.8. The average Bonchev–Trinajstić information content (AvgIpc) is 3.63. The van der Waals surface area contributed by atoms with Crippen molar-refractivity contribution in [3.63, 3.8) is 0 Å². The summed E-state index contributed by atoms with van der Waals surface area (Å²) in [7, 11) is 0. The minimum absolute atomic E-state index is 0.0846. The van der Waals surface area contributed by atoms with Gasteiger partial charge in [0.05, 0.1) is 22.7 Å². The second-order valence-electron chi connectivity index (χ2n) is 10.3. The van der Waals surface area contributed by atoms with E-state index in [9.17, 15) is 27.9 Å². The Morgan fingerprint density at radius 1 is 1.10 bits per heavy atom. The molecule has 2 aliphatic rings. The Balaban J connectivity index is 1.07. The summed E-state index contributed by atoms with van der Waals surface area (Å²) in [5, 5.41) is 17.4. The zero-order valence-corrected chi connectivity index (χ0v) is 22.5. The number of nitrogens with zero attached hydrogens (tertiary/aromatic N) is 3. The molecule has 12 heteroatoms. The van der Waals surface area contributed by atoms with Crippen LogP contribution in [0.5, 0.6) is 0 Å². The lowest BCUT2D eigenvalue weighted by atomic mass is 9.82. The number of aromatic nitrogens is 2. The predicted octanol–water partition coefficient (Wildman–Crippen LogP) is 3.97. The van der Waals surface area contributed by atoms with Crippen molar-refractivity contribution in [2.75, 3.05) is 19.6 Å². The summed E-state index contributed by atoms with van der Waals surface area (Å²) in [6.45, 7) is 1.15. The van der Waals surface area contributed by atoms with E-state index in [0.717, 1.165) is 54.6 Å². The molecule has 3 aromatic rings. The third kappa shape index (κ3) is 6.51. The van der Waals surface area contributed by atoms with Crippen LogP contribution >= 0.6 is 11.3 Å². The van der Waals surface area contributed by atoms with E-state index in [1.54, 1.807) is 12.4 Å². The van der Waals surface area contributed by atoms with Gasteiger partial charge in [0.2, 0.25) is 5.91 Å². The molecule has 212 valence electrons. The van der Waals surface area contributed by atoms with Gasteiger partial charge in [0.1, 0.15) is 10.6 Å². The van der Waals surface area contributed by atoms with Crippen LogP contribution in [-0.4, -0.2) is 63.5 Å². The largest absolute Gasteiger partial charge is 0.416 e. The Labute approximate surface area is 233 Å². The fourth-order valence-electron chi connectivity index (χ4n) is 5.39. The van der Waals surface area contributed by atoms with Crippen LogP contribution in [0.1, 0.15) is 53.0 Å². The maximum atomic E-state index is 12.9. The Bertz CT molecular complexity index is 1340. The lowest BCUT2D eigenvalue weighted by Gasteiger charge is -2.38. The highest BCUT2D eigenvalue weighted by Gasteiger charge is 2.40. The molecule has 0 bridgehead atoms. The molecule has 3 N–H and O–H groups in total. The van der Waals surface area contributed by atoms with Crippen molar-refractivity contribution in [3.05, 3.63) is 71.0 Å². The van der Waals surface area contributed by atoms with Gasteiger partial charge in [-0.25, -0.2) is 4.98 Å². The number of aliphatic hydroxyl groups is 1. The smallest absolute Gasteiger partial charge is 0.383 e. The van der Waals surface area contributed by atoms with Crippen LogP contribution in [0.15, 0.2) is 54.9 Å². The van der Waals surface area contributed by atoms with Crippen molar-refractivity contribution in [2.24, 2.45) is 0 Å². The number of halogens is 3. The molecule has 3 heterocycles. The minimum Gasteiger partial charge on any atom is -0.383 e. The number of alkyl halides is 3. The molecular formula is C28H30F3N5O3S. The Morgan fingerprint density at radius 3 is 2.62 bits per heavy atom. The summed E-state index contributed by atoms with van der Waals surface area (Å²) in [6, 6.07) is 10.00. The number of carbonyl (C=O) groups is 2. The summed E-state index contributed by atoms with van der Waals surface area (Å²) >= 11 is 1.47. The zero-order chi connectivity index (χ0) is 28.3. The molecule has 40 heavy (non-hydrogen) atoms. The van der Waals surface area contributed by atoms with Crippen molar-refractivity contribution < 1.29 is 27.9 Å². The predicted molar refractivity (Wildman–Crippen MR) is 143 cm³/mol. The molecule has 1 saturated heterocycles. The van der Waals surface area contributed by atoms with Gasteiger partial charge in [0.25, 0.3) is 5.91 Å². The van der Waals surface area contributed by atoms with E-state index < -0.39 is 29.2 Å². The molecule has 0 unspecified atom stereocenters. The number of nitrogens with one attached hydrogen (secondary N) is 2. The number of benzene rings is 1. The lowest BCUT2D eigenvalue weighted by molar-refractivity contribution is -0.137. The van der Waals surface area contributed by atoms with Gasteiger partial charge in [-0.1, -0.05) is 12.1 Å². The van der Waals surface area contributed by atoms with Crippen molar-refractivity contribution in [2.45, 2.75) is 56.0 Å². The van der Waals surface area contributed by atoms with Crippen molar-refractivity contribution in [1.29, 1.82) is 0 Å². The van der Waals surface area contributed by atoms with Gasteiger partial charge in [0.15, 0.2) is 0 Å². The normalized spacial score (nSPS) is 23.6. The van der Waals surface area contributed by atoms with Gasteiger partial charge < -0.3 is 15.7 Å².